The predicted octanol–water partition coefficient (Wildman–Crippen LogP) is 1.90. The lowest BCUT2D eigenvalue weighted by Gasteiger charge is -2.05. The molecule has 0 aliphatic heterocycles. The van der Waals surface area contributed by atoms with Crippen LogP contribution in [0.1, 0.15) is 17.3 Å². The van der Waals surface area contributed by atoms with Crippen molar-refractivity contribution in [2.24, 2.45) is 0 Å². The minimum absolute atomic E-state index is 0.123. The standard InChI is InChI=1S/C15H18O6/c1-3-20-15(18)14(17)10-13(16)11-4-6-12(7-5-11)21-9-8-19-2/h4-7,10,17H,3,8-9H2,1-2H3/b14-10-. The number of aliphatic hydroxyl groups excluding tert-OH is 1. The largest absolute Gasteiger partial charge is 0.502 e. The molecule has 0 spiro atoms. The van der Waals surface area contributed by atoms with Crippen molar-refractivity contribution in [3.8, 4) is 5.75 Å². The van der Waals surface area contributed by atoms with Crippen LogP contribution in [0.4, 0.5) is 0 Å². The normalized spacial score (nSPS) is 11.0. The fraction of sp³-hybridized carbons (Fsp3) is 0.333. The molecule has 0 saturated heterocycles. The van der Waals surface area contributed by atoms with Crippen molar-refractivity contribution in [2.75, 3.05) is 26.9 Å². The highest BCUT2D eigenvalue weighted by atomic mass is 16.5. The Balaban J connectivity index is 2.66. The minimum Gasteiger partial charge on any atom is -0.502 e. The van der Waals surface area contributed by atoms with Gasteiger partial charge in [-0.3, -0.25) is 4.79 Å². The summed E-state index contributed by atoms with van der Waals surface area (Å²) in [4.78, 5) is 23.0. The molecular weight excluding hydrogens is 276 g/mol. The van der Waals surface area contributed by atoms with Gasteiger partial charge in [-0.15, -0.1) is 0 Å². The maximum Gasteiger partial charge on any atom is 0.373 e. The Morgan fingerprint density at radius 1 is 1.19 bits per heavy atom. The number of hydrogen-bond acceptors (Lipinski definition) is 6. The molecular formula is C15H18O6. The summed E-state index contributed by atoms with van der Waals surface area (Å²) in [6.07, 6.45) is 0.832. The zero-order chi connectivity index (χ0) is 15.7. The van der Waals surface area contributed by atoms with Crippen LogP contribution >= 0.6 is 0 Å². The van der Waals surface area contributed by atoms with E-state index in [0.29, 0.717) is 24.5 Å². The molecule has 0 saturated carbocycles. The van der Waals surface area contributed by atoms with E-state index >= 15 is 0 Å². The van der Waals surface area contributed by atoms with Gasteiger partial charge in [-0.1, -0.05) is 0 Å². The van der Waals surface area contributed by atoms with E-state index in [1.54, 1.807) is 38.3 Å². The Morgan fingerprint density at radius 3 is 2.43 bits per heavy atom. The molecule has 0 unspecified atom stereocenters. The van der Waals surface area contributed by atoms with Gasteiger partial charge in [-0.25, -0.2) is 4.79 Å². The Bertz CT molecular complexity index is 503. The number of carbonyl (C=O) groups is 2. The number of carbonyl (C=O) groups excluding carboxylic acids is 2. The quantitative estimate of drug-likeness (QED) is 0.259. The van der Waals surface area contributed by atoms with Crippen molar-refractivity contribution in [1.29, 1.82) is 0 Å². The van der Waals surface area contributed by atoms with Gasteiger partial charge in [0, 0.05) is 18.7 Å². The number of aliphatic hydroxyl groups is 1. The lowest BCUT2D eigenvalue weighted by atomic mass is 10.1. The molecule has 0 fully saturated rings. The second-order valence-corrected chi connectivity index (χ2v) is 3.98. The first-order chi connectivity index (χ1) is 10.1. The van der Waals surface area contributed by atoms with Crippen LogP contribution in [0.5, 0.6) is 5.75 Å². The van der Waals surface area contributed by atoms with Crippen molar-refractivity contribution < 1.29 is 28.9 Å². The van der Waals surface area contributed by atoms with E-state index in [1.165, 1.54) is 0 Å². The summed E-state index contributed by atoms with van der Waals surface area (Å²) < 4.78 is 14.8. The lowest BCUT2D eigenvalue weighted by molar-refractivity contribution is -0.141. The van der Waals surface area contributed by atoms with Gasteiger partial charge in [-0.2, -0.15) is 0 Å². The minimum atomic E-state index is -0.926. The summed E-state index contributed by atoms with van der Waals surface area (Å²) >= 11 is 0. The summed E-state index contributed by atoms with van der Waals surface area (Å²) in [5, 5.41) is 9.41. The molecule has 0 aliphatic carbocycles. The zero-order valence-corrected chi connectivity index (χ0v) is 12.0. The molecule has 0 amide bonds. The smallest absolute Gasteiger partial charge is 0.373 e. The van der Waals surface area contributed by atoms with Crippen molar-refractivity contribution in [1.82, 2.24) is 0 Å². The highest BCUT2D eigenvalue weighted by Crippen LogP contribution is 2.13. The van der Waals surface area contributed by atoms with Gasteiger partial charge >= 0.3 is 5.97 Å². The summed E-state index contributed by atoms with van der Waals surface area (Å²) in [5.74, 6) is -1.54. The average molecular weight is 294 g/mol. The number of rotatable bonds is 8. The van der Waals surface area contributed by atoms with Gasteiger partial charge in [0.2, 0.25) is 5.76 Å². The molecule has 0 atom stereocenters. The van der Waals surface area contributed by atoms with Crippen LogP contribution in [-0.4, -0.2) is 43.8 Å². The molecule has 21 heavy (non-hydrogen) atoms. The molecule has 6 nitrogen and oxygen atoms in total. The molecule has 114 valence electrons. The lowest BCUT2D eigenvalue weighted by Crippen LogP contribution is -2.09. The maximum absolute atomic E-state index is 11.8. The molecule has 0 bridgehead atoms. The first kappa shape index (κ1) is 16.7. The third kappa shape index (κ3) is 5.66. The molecule has 0 aromatic heterocycles. The third-order valence-electron chi connectivity index (χ3n) is 2.45. The number of methoxy groups -OCH3 is 1. The number of benzene rings is 1. The number of esters is 1. The van der Waals surface area contributed by atoms with E-state index in [-0.39, 0.29) is 6.61 Å². The molecule has 1 N–H and O–H groups in total. The van der Waals surface area contributed by atoms with E-state index in [9.17, 15) is 14.7 Å². The van der Waals surface area contributed by atoms with Crippen molar-refractivity contribution in [3.63, 3.8) is 0 Å². The SMILES string of the molecule is CCOC(=O)/C(O)=C/C(=O)c1ccc(OCCOC)cc1. The van der Waals surface area contributed by atoms with E-state index in [2.05, 4.69) is 4.74 Å². The first-order valence-corrected chi connectivity index (χ1v) is 6.42. The third-order valence-corrected chi connectivity index (χ3v) is 2.45. The van der Waals surface area contributed by atoms with Crippen molar-refractivity contribution in [3.05, 3.63) is 41.7 Å². The van der Waals surface area contributed by atoms with Gasteiger partial charge in [0.15, 0.2) is 5.78 Å². The Hall–Kier alpha value is -2.34. The number of allylic oxidation sites excluding steroid dienone is 1. The van der Waals surface area contributed by atoms with E-state index in [0.717, 1.165) is 6.08 Å². The summed E-state index contributed by atoms with van der Waals surface area (Å²) in [6.45, 7) is 2.61. The van der Waals surface area contributed by atoms with Gasteiger partial charge < -0.3 is 19.3 Å². The summed E-state index contributed by atoms with van der Waals surface area (Å²) in [5.41, 5.74) is 0.324. The topological polar surface area (TPSA) is 82.1 Å². The van der Waals surface area contributed by atoms with Crippen molar-refractivity contribution >= 4 is 11.8 Å². The van der Waals surface area contributed by atoms with Crippen LogP contribution in [0.2, 0.25) is 0 Å². The summed E-state index contributed by atoms with van der Waals surface area (Å²) in [6, 6.07) is 6.33. The van der Waals surface area contributed by atoms with Gasteiger partial charge in [0.25, 0.3) is 0 Å². The maximum atomic E-state index is 11.8. The van der Waals surface area contributed by atoms with Crippen LogP contribution in [0.25, 0.3) is 0 Å². The van der Waals surface area contributed by atoms with Crippen molar-refractivity contribution in [2.45, 2.75) is 6.92 Å². The Morgan fingerprint density at radius 2 is 1.86 bits per heavy atom. The fourth-order valence-electron chi connectivity index (χ4n) is 1.43. The van der Waals surface area contributed by atoms with E-state index in [4.69, 9.17) is 9.47 Å². The monoisotopic (exact) mass is 294 g/mol. The fourth-order valence-corrected chi connectivity index (χ4v) is 1.43. The van der Waals surface area contributed by atoms with Gasteiger partial charge in [-0.05, 0) is 31.2 Å². The number of ether oxygens (including phenoxy) is 3. The number of ketones is 1. The Labute approximate surface area is 122 Å². The molecule has 1 aromatic carbocycles. The molecule has 0 aliphatic rings. The van der Waals surface area contributed by atoms with E-state index < -0.39 is 17.5 Å². The van der Waals surface area contributed by atoms with Crippen LogP contribution in [-0.2, 0) is 14.3 Å². The van der Waals surface area contributed by atoms with Crippen LogP contribution in [0, 0.1) is 0 Å². The van der Waals surface area contributed by atoms with E-state index in [1.807, 2.05) is 0 Å². The first-order valence-electron chi connectivity index (χ1n) is 6.42. The highest BCUT2D eigenvalue weighted by molar-refractivity contribution is 6.07. The van der Waals surface area contributed by atoms with Crippen LogP contribution in [0.3, 0.4) is 0 Å². The molecule has 1 aromatic rings. The predicted molar refractivity (Wildman–Crippen MR) is 75.5 cm³/mol. The van der Waals surface area contributed by atoms with Gasteiger partial charge in [0.1, 0.15) is 12.4 Å². The zero-order valence-electron chi connectivity index (χ0n) is 12.0. The number of hydrogen-bond donors (Lipinski definition) is 1. The highest BCUT2D eigenvalue weighted by Gasteiger charge is 2.12. The molecule has 6 heteroatoms. The molecule has 0 radical (unpaired) electrons. The van der Waals surface area contributed by atoms with Gasteiger partial charge in [0.05, 0.1) is 13.2 Å². The summed E-state index contributed by atoms with van der Waals surface area (Å²) in [7, 11) is 1.58. The second kappa shape index (κ2) is 8.76. The average Bonchev–Trinajstić information content (AvgIpc) is 2.48. The molecule has 0 heterocycles. The molecule has 1 rings (SSSR count). The second-order valence-electron chi connectivity index (χ2n) is 3.98. The van der Waals surface area contributed by atoms with Crippen LogP contribution < -0.4 is 4.74 Å². The van der Waals surface area contributed by atoms with Crippen LogP contribution in [0.15, 0.2) is 36.1 Å². The Kier molecular flexibility index (Phi) is 6.97.